The number of nitriles is 1. The minimum atomic E-state index is -0.336. The van der Waals surface area contributed by atoms with E-state index in [1.54, 1.807) is 18.2 Å². The van der Waals surface area contributed by atoms with Crippen LogP contribution in [-0.4, -0.2) is 0 Å². The van der Waals surface area contributed by atoms with E-state index in [9.17, 15) is 9.65 Å². The molecular formula is C18H13FN2. The zero-order valence-electron chi connectivity index (χ0n) is 11.5. The normalized spacial score (nSPS) is 10.3. The molecule has 102 valence electrons. The number of aryl methyl sites for hydroxylation is 1. The summed E-state index contributed by atoms with van der Waals surface area (Å²) in [5.74, 6) is -0.336. The molecule has 0 bridgehead atoms. The molecule has 21 heavy (non-hydrogen) atoms. The van der Waals surface area contributed by atoms with Crippen molar-refractivity contribution in [2.75, 3.05) is 5.32 Å². The average Bonchev–Trinajstić information content (AvgIpc) is 2.51. The standard InChI is InChI=1S/C18H13FN2/c1-12-6-9-16(19)17(10-12)21-18-14(11-20)8-7-13-4-2-3-5-15(13)18/h2-10,21H,1H3. The Balaban J connectivity index is 2.19. The van der Waals surface area contributed by atoms with Gasteiger partial charge in [0, 0.05) is 5.39 Å². The van der Waals surface area contributed by atoms with Crippen LogP contribution in [0.3, 0.4) is 0 Å². The molecule has 3 aromatic rings. The van der Waals surface area contributed by atoms with E-state index in [0.29, 0.717) is 16.9 Å². The van der Waals surface area contributed by atoms with E-state index >= 15 is 0 Å². The largest absolute Gasteiger partial charge is 0.352 e. The lowest BCUT2D eigenvalue weighted by molar-refractivity contribution is 0.631. The highest BCUT2D eigenvalue weighted by atomic mass is 19.1. The third-order valence-corrected chi connectivity index (χ3v) is 3.43. The molecule has 3 heteroatoms. The van der Waals surface area contributed by atoms with Gasteiger partial charge in [0.15, 0.2) is 0 Å². The summed E-state index contributed by atoms with van der Waals surface area (Å²) in [7, 11) is 0. The topological polar surface area (TPSA) is 35.8 Å². The predicted octanol–water partition coefficient (Wildman–Crippen LogP) is 4.90. The van der Waals surface area contributed by atoms with Crippen molar-refractivity contribution in [3.63, 3.8) is 0 Å². The molecule has 0 fully saturated rings. The van der Waals surface area contributed by atoms with Crippen molar-refractivity contribution in [2.24, 2.45) is 0 Å². The molecule has 0 aliphatic heterocycles. The van der Waals surface area contributed by atoms with Gasteiger partial charge in [-0.1, -0.05) is 36.4 Å². The first-order valence-corrected chi connectivity index (χ1v) is 6.64. The van der Waals surface area contributed by atoms with Crippen molar-refractivity contribution in [3.05, 3.63) is 71.5 Å². The number of anilines is 2. The summed E-state index contributed by atoms with van der Waals surface area (Å²) < 4.78 is 13.9. The predicted molar refractivity (Wildman–Crippen MR) is 83.1 cm³/mol. The fourth-order valence-corrected chi connectivity index (χ4v) is 2.37. The van der Waals surface area contributed by atoms with E-state index in [0.717, 1.165) is 16.3 Å². The molecule has 3 aromatic carbocycles. The van der Waals surface area contributed by atoms with Crippen molar-refractivity contribution >= 4 is 22.1 Å². The maximum absolute atomic E-state index is 13.9. The second kappa shape index (κ2) is 5.26. The van der Waals surface area contributed by atoms with Gasteiger partial charge in [-0.25, -0.2) is 4.39 Å². The number of rotatable bonds is 2. The Kier molecular flexibility index (Phi) is 3.29. The number of benzene rings is 3. The van der Waals surface area contributed by atoms with Crippen LogP contribution >= 0.6 is 0 Å². The van der Waals surface area contributed by atoms with Gasteiger partial charge in [0.05, 0.1) is 16.9 Å². The Labute approximate surface area is 122 Å². The molecule has 0 aliphatic rings. The highest BCUT2D eigenvalue weighted by Gasteiger charge is 2.10. The molecule has 0 saturated heterocycles. The van der Waals surface area contributed by atoms with E-state index in [-0.39, 0.29) is 5.82 Å². The number of fused-ring (bicyclic) bond motifs is 1. The number of hydrogen-bond donors (Lipinski definition) is 1. The summed E-state index contributed by atoms with van der Waals surface area (Å²) in [5, 5.41) is 14.3. The first kappa shape index (κ1) is 13.1. The fourth-order valence-electron chi connectivity index (χ4n) is 2.37. The fraction of sp³-hybridized carbons (Fsp3) is 0.0556. The number of nitrogens with zero attached hydrogens (tertiary/aromatic N) is 1. The molecule has 0 atom stereocenters. The van der Waals surface area contributed by atoms with E-state index in [2.05, 4.69) is 11.4 Å². The minimum absolute atomic E-state index is 0.336. The monoisotopic (exact) mass is 276 g/mol. The van der Waals surface area contributed by atoms with Crippen molar-refractivity contribution < 1.29 is 4.39 Å². The summed E-state index contributed by atoms with van der Waals surface area (Å²) in [6, 6.07) is 18.4. The maximum atomic E-state index is 13.9. The quantitative estimate of drug-likeness (QED) is 0.722. The third kappa shape index (κ3) is 2.44. The SMILES string of the molecule is Cc1ccc(F)c(Nc2c(C#N)ccc3ccccc23)c1. The molecule has 0 heterocycles. The van der Waals surface area contributed by atoms with Gasteiger partial charge in [0.1, 0.15) is 11.9 Å². The molecule has 1 N–H and O–H groups in total. The van der Waals surface area contributed by atoms with Gasteiger partial charge in [-0.05, 0) is 36.1 Å². The average molecular weight is 276 g/mol. The van der Waals surface area contributed by atoms with Gasteiger partial charge < -0.3 is 5.32 Å². The first-order valence-electron chi connectivity index (χ1n) is 6.64. The molecule has 0 saturated carbocycles. The van der Waals surface area contributed by atoms with Crippen LogP contribution in [0.1, 0.15) is 11.1 Å². The lowest BCUT2D eigenvalue weighted by Crippen LogP contribution is -1.98. The van der Waals surface area contributed by atoms with Gasteiger partial charge in [-0.2, -0.15) is 5.26 Å². The summed E-state index contributed by atoms with van der Waals surface area (Å²) in [5.41, 5.74) is 2.47. The molecule has 0 aliphatic carbocycles. The summed E-state index contributed by atoms with van der Waals surface area (Å²) >= 11 is 0. The number of hydrogen-bond acceptors (Lipinski definition) is 2. The second-order valence-corrected chi connectivity index (χ2v) is 4.93. The van der Waals surface area contributed by atoms with Crippen LogP contribution in [-0.2, 0) is 0 Å². The van der Waals surface area contributed by atoms with Crippen molar-refractivity contribution in [3.8, 4) is 6.07 Å². The Morgan fingerprint density at radius 3 is 2.67 bits per heavy atom. The van der Waals surface area contributed by atoms with Crippen LogP contribution in [0.15, 0.2) is 54.6 Å². The van der Waals surface area contributed by atoms with Crippen LogP contribution in [0, 0.1) is 24.1 Å². The van der Waals surface area contributed by atoms with Crippen molar-refractivity contribution in [1.29, 1.82) is 5.26 Å². The van der Waals surface area contributed by atoms with E-state index in [1.165, 1.54) is 6.07 Å². The summed E-state index contributed by atoms with van der Waals surface area (Å²) in [6.07, 6.45) is 0. The highest BCUT2D eigenvalue weighted by Crippen LogP contribution is 2.31. The zero-order chi connectivity index (χ0) is 14.8. The maximum Gasteiger partial charge on any atom is 0.146 e. The molecular weight excluding hydrogens is 263 g/mol. The molecule has 0 amide bonds. The molecule has 0 aromatic heterocycles. The highest BCUT2D eigenvalue weighted by molar-refractivity contribution is 5.98. The molecule has 0 spiro atoms. The lowest BCUT2D eigenvalue weighted by Gasteiger charge is -2.13. The Morgan fingerprint density at radius 2 is 1.86 bits per heavy atom. The second-order valence-electron chi connectivity index (χ2n) is 4.93. The van der Waals surface area contributed by atoms with E-state index in [1.807, 2.05) is 37.3 Å². The van der Waals surface area contributed by atoms with Crippen LogP contribution in [0.2, 0.25) is 0 Å². The molecule has 0 unspecified atom stereocenters. The smallest absolute Gasteiger partial charge is 0.146 e. The number of halogens is 1. The van der Waals surface area contributed by atoms with Gasteiger partial charge in [-0.15, -0.1) is 0 Å². The van der Waals surface area contributed by atoms with Gasteiger partial charge in [0.2, 0.25) is 0 Å². The van der Waals surface area contributed by atoms with Crippen LogP contribution in [0.25, 0.3) is 10.8 Å². The van der Waals surface area contributed by atoms with Crippen molar-refractivity contribution in [1.82, 2.24) is 0 Å². The van der Waals surface area contributed by atoms with Crippen LogP contribution in [0.4, 0.5) is 15.8 Å². The van der Waals surface area contributed by atoms with Crippen LogP contribution < -0.4 is 5.32 Å². The summed E-state index contributed by atoms with van der Waals surface area (Å²) in [6.45, 7) is 1.90. The Bertz CT molecular complexity index is 863. The first-order chi connectivity index (χ1) is 10.2. The minimum Gasteiger partial charge on any atom is -0.352 e. The Morgan fingerprint density at radius 1 is 1.05 bits per heavy atom. The number of nitrogens with one attached hydrogen (secondary N) is 1. The lowest BCUT2D eigenvalue weighted by atomic mass is 10.0. The van der Waals surface area contributed by atoms with Crippen LogP contribution in [0.5, 0.6) is 0 Å². The third-order valence-electron chi connectivity index (χ3n) is 3.43. The van der Waals surface area contributed by atoms with Gasteiger partial charge in [-0.3, -0.25) is 0 Å². The van der Waals surface area contributed by atoms with Crippen molar-refractivity contribution in [2.45, 2.75) is 6.92 Å². The van der Waals surface area contributed by atoms with Gasteiger partial charge >= 0.3 is 0 Å². The van der Waals surface area contributed by atoms with E-state index < -0.39 is 0 Å². The summed E-state index contributed by atoms with van der Waals surface area (Å²) in [4.78, 5) is 0. The molecule has 3 rings (SSSR count). The van der Waals surface area contributed by atoms with Gasteiger partial charge in [0.25, 0.3) is 0 Å². The molecule has 0 radical (unpaired) electrons. The zero-order valence-corrected chi connectivity index (χ0v) is 11.5. The molecule has 2 nitrogen and oxygen atoms in total. The van der Waals surface area contributed by atoms with E-state index in [4.69, 9.17) is 0 Å². The Hall–Kier alpha value is -2.86.